The van der Waals surface area contributed by atoms with Gasteiger partial charge in [0.1, 0.15) is 0 Å². The number of unbranched alkanes of at least 4 members (excludes halogenated alkanes) is 2. The SMILES string of the molecule is CCCCCn1c(-c2ccc(S(=O)(=O)CC)cc2)cc(=O)n2cc(-c3ccc(Cl)cc3)nc12. The number of fused-ring (bicyclic) bond motifs is 1. The molecule has 0 spiro atoms. The molecule has 0 aliphatic heterocycles. The van der Waals surface area contributed by atoms with Crippen LogP contribution in [0.25, 0.3) is 28.3 Å². The topological polar surface area (TPSA) is 73.4 Å². The summed E-state index contributed by atoms with van der Waals surface area (Å²) in [6.07, 6.45) is 4.81. The third kappa shape index (κ3) is 4.75. The van der Waals surface area contributed by atoms with Gasteiger partial charge in [0.2, 0.25) is 5.78 Å². The van der Waals surface area contributed by atoms with Gasteiger partial charge in [-0.2, -0.15) is 0 Å². The first-order valence-corrected chi connectivity index (χ1v) is 13.1. The van der Waals surface area contributed by atoms with Crippen molar-refractivity contribution < 1.29 is 8.42 Å². The third-order valence-corrected chi connectivity index (χ3v) is 7.73. The second-order valence-electron chi connectivity index (χ2n) is 7.96. The second-order valence-corrected chi connectivity index (χ2v) is 10.7. The number of hydrogen-bond donors (Lipinski definition) is 0. The standard InChI is InChI=1S/C25H26ClN3O3S/c1-3-5-6-15-28-23(19-9-13-21(14-10-19)33(31,32)4-2)16-24(30)29-17-22(27-25(28)29)18-7-11-20(26)12-8-18/h7-14,16-17H,3-6,15H2,1-2H3. The van der Waals surface area contributed by atoms with Gasteiger partial charge in [-0.25, -0.2) is 13.4 Å². The van der Waals surface area contributed by atoms with Crippen LogP contribution >= 0.6 is 11.6 Å². The van der Waals surface area contributed by atoms with Crippen molar-refractivity contribution in [2.75, 3.05) is 5.75 Å². The zero-order chi connectivity index (χ0) is 23.6. The van der Waals surface area contributed by atoms with E-state index in [1.165, 1.54) is 0 Å². The van der Waals surface area contributed by atoms with Crippen LogP contribution in [-0.4, -0.2) is 28.1 Å². The van der Waals surface area contributed by atoms with Crippen molar-refractivity contribution in [1.82, 2.24) is 14.0 Å². The maximum atomic E-state index is 13.0. The zero-order valence-electron chi connectivity index (χ0n) is 18.7. The maximum Gasteiger partial charge on any atom is 0.259 e. The molecule has 6 nitrogen and oxygen atoms in total. The van der Waals surface area contributed by atoms with Crippen LogP contribution in [0.1, 0.15) is 33.1 Å². The van der Waals surface area contributed by atoms with Crippen molar-refractivity contribution in [3.8, 4) is 22.5 Å². The number of hydrogen-bond acceptors (Lipinski definition) is 4. The van der Waals surface area contributed by atoms with E-state index in [0.717, 1.165) is 36.1 Å². The molecule has 2 aromatic carbocycles. The van der Waals surface area contributed by atoms with Gasteiger partial charge in [-0.15, -0.1) is 0 Å². The molecule has 4 aromatic rings. The Hall–Kier alpha value is -2.90. The van der Waals surface area contributed by atoms with Crippen molar-refractivity contribution in [1.29, 1.82) is 0 Å². The molecule has 0 unspecified atom stereocenters. The molecular weight excluding hydrogens is 458 g/mol. The molecule has 2 heterocycles. The van der Waals surface area contributed by atoms with Crippen LogP contribution in [0.2, 0.25) is 5.02 Å². The van der Waals surface area contributed by atoms with E-state index in [-0.39, 0.29) is 16.2 Å². The molecule has 0 aliphatic carbocycles. The van der Waals surface area contributed by atoms with Crippen LogP contribution in [0.3, 0.4) is 0 Å². The van der Waals surface area contributed by atoms with Crippen LogP contribution in [-0.2, 0) is 16.4 Å². The number of halogens is 1. The Kier molecular flexibility index (Phi) is 6.72. The highest BCUT2D eigenvalue weighted by atomic mass is 35.5. The maximum absolute atomic E-state index is 13.0. The van der Waals surface area contributed by atoms with Crippen molar-refractivity contribution >= 4 is 27.2 Å². The first kappa shape index (κ1) is 23.3. The highest BCUT2D eigenvalue weighted by Gasteiger charge is 2.16. The monoisotopic (exact) mass is 483 g/mol. The van der Waals surface area contributed by atoms with Gasteiger partial charge in [0.15, 0.2) is 9.84 Å². The predicted octanol–water partition coefficient (Wildman–Crippen LogP) is 5.47. The van der Waals surface area contributed by atoms with Gasteiger partial charge < -0.3 is 4.57 Å². The molecule has 0 amide bonds. The van der Waals surface area contributed by atoms with Gasteiger partial charge in [-0.05, 0) is 36.2 Å². The summed E-state index contributed by atoms with van der Waals surface area (Å²) >= 11 is 6.02. The van der Waals surface area contributed by atoms with Crippen LogP contribution < -0.4 is 5.56 Å². The lowest BCUT2D eigenvalue weighted by Crippen LogP contribution is -2.18. The number of rotatable bonds is 8. The number of benzene rings is 2. The first-order valence-electron chi connectivity index (χ1n) is 11.1. The largest absolute Gasteiger partial charge is 0.311 e. The summed E-state index contributed by atoms with van der Waals surface area (Å²) in [5.41, 5.74) is 2.87. The quantitative estimate of drug-likeness (QED) is 0.311. The van der Waals surface area contributed by atoms with E-state index in [0.29, 0.717) is 23.0 Å². The van der Waals surface area contributed by atoms with Crippen LogP contribution in [0, 0.1) is 0 Å². The number of aromatic nitrogens is 3. The average molecular weight is 484 g/mol. The summed E-state index contributed by atoms with van der Waals surface area (Å²) in [5.74, 6) is 0.602. The van der Waals surface area contributed by atoms with Crippen molar-refractivity contribution in [3.05, 3.63) is 76.2 Å². The lowest BCUT2D eigenvalue weighted by molar-refractivity contribution is 0.597. The smallest absolute Gasteiger partial charge is 0.259 e. The van der Waals surface area contributed by atoms with Crippen LogP contribution in [0.5, 0.6) is 0 Å². The minimum Gasteiger partial charge on any atom is -0.311 e. The molecule has 172 valence electrons. The molecule has 0 atom stereocenters. The Morgan fingerprint density at radius 2 is 1.61 bits per heavy atom. The van der Waals surface area contributed by atoms with E-state index in [2.05, 4.69) is 6.92 Å². The Labute approximate surface area is 198 Å². The number of imidazole rings is 1. The molecule has 0 fully saturated rings. The van der Waals surface area contributed by atoms with Gasteiger partial charge in [0.05, 0.1) is 22.0 Å². The number of nitrogens with zero attached hydrogens (tertiary/aromatic N) is 3. The normalized spacial score (nSPS) is 11.8. The van der Waals surface area contributed by atoms with E-state index in [1.54, 1.807) is 60.0 Å². The Bertz CT molecular complexity index is 1440. The van der Waals surface area contributed by atoms with Crippen LogP contribution in [0.15, 0.2) is 70.5 Å². The lowest BCUT2D eigenvalue weighted by Gasteiger charge is -2.15. The molecule has 33 heavy (non-hydrogen) atoms. The summed E-state index contributed by atoms with van der Waals surface area (Å²) in [6.45, 7) is 4.46. The Morgan fingerprint density at radius 3 is 2.24 bits per heavy atom. The Balaban J connectivity index is 1.87. The summed E-state index contributed by atoms with van der Waals surface area (Å²) < 4.78 is 28.0. The van der Waals surface area contributed by atoms with E-state index in [1.807, 2.05) is 16.7 Å². The molecule has 4 rings (SSSR count). The van der Waals surface area contributed by atoms with Gasteiger partial charge in [-0.3, -0.25) is 9.20 Å². The van der Waals surface area contributed by atoms with Gasteiger partial charge in [0, 0.05) is 29.4 Å². The highest BCUT2D eigenvalue weighted by molar-refractivity contribution is 7.91. The Morgan fingerprint density at radius 1 is 0.939 bits per heavy atom. The van der Waals surface area contributed by atoms with Gasteiger partial charge in [-0.1, -0.05) is 62.6 Å². The van der Waals surface area contributed by atoms with Crippen molar-refractivity contribution in [2.45, 2.75) is 44.6 Å². The molecule has 0 saturated heterocycles. The summed E-state index contributed by atoms with van der Waals surface area (Å²) in [6, 6.07) is 15.7. The second kappa shape index (κ2) is 9.53. The fourth-order valence-corrected chi connectivity index (χ4v) is 4.84. The minimum atomic E-state index is -3.29. The van der Waals surface area contributed by atoms with Crippen molar-refractivity contribution in [3.63, 3.8) is 0 Å². The molecule has 0 aliphatic rings. The van der Waals surface area contributed by atoms with E-state index >= 15 is 0 Å². The van der Waals surface area contributed by atoms with E-state index in [4.69, 9.17) is 16.6 Å². The molecule has 0 saturated carbocycles. The number of sulfone groups is 1. The molecule has 0 radical (unpaired) electrons. The van der Waals surface area contributed by atoms with Crippen molar-refractivity contribution in [2.24, 2.45) is 0 Å². The van der Waals surface area contributed by atoms with E-state index < -0.39 is 9.84 Å². The summed E-state index contributed by atoms with van der Waals surface area (Å²) in [5, 5.41) is 0.637. The summed E-state index contributed by atoms with van der Waals surface area (Å²) in [7, 11) is -3.29. The fraction of sp³-hybridized carbons (Fsp3) is 0.280. The van der Waals surface area contributed by atoms with Gasteiger partial charge >= 0.3 is 0 Å². The lowest BCUT2D eigenvalue weighted by atomic mass is 10.1. The third-order valence-electron chi connectivity index (χ3n) is 5.73. The average Bonchev–Trinajstić information content (AvgIpc) is 3.27. The highest BCUT2D eigenvalue weighted by Crippen LogP contribution is 2.26. The van der Waals surface area contributed by atoms with E-state index in [9.17, 15) is 13.2 Å². The molecule has 0 N–H and O–H groups in total. The minimum absolute atomic E-state index is 0.0432. The molecule has 2 aromatic heterocycles. The molecular formula is C25H26ClN3O3S. The fourth-order valence-electron chi connectivity index (χ4n) is 3.83. The zero-order valence-corrected chi connectivity index (χ0v) is 20.2. The molecule has 0 bridgehead atoms. The first-order chi connectivity index (χ1) is 15.8. The summed E-state index contributed by atoms with van der Waals surface area (Å²) in [4.78, 5) is 18.1. The predicted molar refractivity (Wildman–Crippen MR) is 133 cm³/mol. The van der Waals surface area contributed by atoms with Gasteiger partial charge in [0.25, 0.3) is 5.56 Å². The molecule has 8 heteroatoms. The van der Waals surface area contributed by atoms with Crippen LogP contribution in [0.4, 0.5) is 0 Å². The number of aryl methyl sites for hydroxylation is 1.